The van der Waals surface area contributed by atoms with Crippen LogP contribution in [0.4, 0.5) is 0 Å². The highest BCUT2D eigenvalue weighted by atomic mass is 16.5. The smallest absolute Gasteiger partial charge is 0.326 e. The normalized spacial score (nSPS) is 23.3. The van der Waals surface area contributed by atoms with Crippen molar-refractivity contribution in [1.29, 1.82) is 0 Å². The van der Waals surface area contributed by atoms with E-state index >= 15 is 0 Å². The summed E-state index contributed by atoms with van der Waals surface area (Å²) in [5.74, 6) is 0.666. The van der Waals surface area contributed by atoms with Crippen molar-refractivity contribution in [2.45, 2.75) is 58.9 Å². The van der Waals surface area contributed by atoms with E-state index in [1.54, 1.807) is 0 Å². The van der Waals surface area contributed by atoms with Crippen molar-refractivity contribution in [2.75, 3.05) is 32.8 Å². The Morgan fingerprint density at radius 2 is 2.20 bits per heavy atom. The summed E-state index contributed by atoms with van der Waals surface area (Å²) >= 11 is 0. The highest BCUT2D eigenvalue weighted by Gasteiger charge is 2.34. The van der Waals surface area contributed by atoms with E-state index < -0.39 is 5.54 Å². The number of piperidine rings is 1. The van der Waals surface area contributed by atoms with Gasteiger partial charge in [-0.2, -0.15) is 0 Å². The summed E-state index contributed by atoms with van der Waals surface area (Å²) in [6.07, 6.45) is 4.45. The van der Waals surface area contributed by atoms with Crippen LogP contribution in [0.15, 0.2) is 0 Å². The van der Waals surface area contributed by atoms with E-state index in [9.17, 15) is 4.79 Å². The van der Waals surface area contributed by atoms with Crippen molar-refractivity contribution < 1.29 is 9.53 Å². The van der Waals surface area contributed by atoms with E-state index in [0.717, 1.165) is 44.9 Å². The summed E-state index contributed by atoms with van der Waals surface area (Å²) in [4.78, 5) is 14.7. The molecule has 2 unspecified atom stereocenters. The summed E-state index contributed by atoms with van der Waals surface area (Å²) in [7, 11) is 0. The third-order valence-corrected chi connectivity index (χ3v) is 4.16. The number of carbonyl (C=O) groups excluding carboxylic acids is 1. The second-order valence-corrected chi connectivity index (χ2v) is 6.28. The fourth-order valence-corrected chi connectivity index (χ4v) is 2.83. The van der Waals surface area contributed by atoms with Gasteiger partial charge < -0.3 is 15.0 Å². The van der Waals surface area contributed by atoms with Gasteiger partial charge in [0, 0.05) is 13.1 Å². The largest absolute Gasteiger partial charge is 0.465 e. The molecule has 0 aromatic heterocycles. The highest BCUT2D eigenvalue weighted by molar-refractivity contribution is 5.80. The average molecular weight is 284 g/mol. The average Bonchev–Trinajstić information content (AvgIpc) is 2.43. The van der Waals surface area contributed by atoms with Crippen molar-refractivity contribution >= 4 is 5.97 Å². The molecule has 4 nitrogen and oxygen atoms in total. The lowest BCUT2D eigenvalue weighted by Gasteiger charge is -2.35. The predicted molar refractivity (Wildman–Crippen MR) is 82.8 cm³/mol. The van der Waals surface area contributed by atoms with E-state index in [1.165, 1.54) is 12.8 Å². The third kappa shape index (κ3) is 5.41. The third-order valence-electron chi connectivity index (χ3n) is 4.16. The molecule has 1 fully saturated rings. The maximum Gasteiger partial charge on any atom is 0.326 e. The first-order valence-corrected chi connectivity index (χ1v) is 8.16. The molecule has 0 amide bonds. The van der Waals surface area contributed by atoms with Gasteiger partial charge in [-0.1, -0.05) is 13.8 Å². The zero-order chi connectivity index (χ0) is 15.0. The minimum Gasteiger partial charge on any atom is -0.465 e. The molecule has 1 rings (SSSR count). The van der Waals surface area contributed by atoms with Crippen LogP contribution in [-0.4, -0.2) is 49.2 Å². The Morgan fingerprint density at radius 3 is 2.80 bits per heavy atom. The predicted octanol–water partition coefficient (Wildman–Crippen LogP) is 2.43. The van der Waals surface area contributed by atoms with Crippen LogP contribution in [0.25, 0.3) is 0 Å². The highest BCUT2D eigenvalue weighted by Crippen LogP contribution is 2.19. The Bertz CT molecular complexity index is 296. The van der Waals surface area contributed by atoms with Crippen LogP contribution in [0, 0.1) is 5.92 Å². The van der Waals surface area contributed by atoms with E-state index in [1.807, 2.05) is 13.8 Å². The molecule has 2 atom stereocenters. The number of carbonyl (C=O) groups is 1. The molecule has 0 aromatic carbocycles. The van der Waals surface area contributed by atoms with Gasteiger partial charge in [-0.25, -0.2) is 0 Å². The van der Waals surface area contributed by atoms with Gasteiger partial charge in [0.15, 0.2) is 0 Å². The zero-order valence-electron chi connectivity index (χ0n) is 13.7. The molecule has 4 heteroatoms. The maximum atomic E-state index is 12.2. The molecule has 1 saturated heterocycles. The molecular weight excluding hydrogens is 252 g/mol. The van der Waals surface area contributed by atoms with Crippen molar-refractivity contribution in [3.05, 3.63) is 0 Å². The Labute approximate surface area is 124 Å². The number of ether oxygens (including phenoxy) is 1. The lowest BCUT2D eigenvalue weighted by molar-refractivity contribution is -0.151. The van der Waals surface area contributed by atoms with Gasteiger partial charge in [-0.3, -0.25) is 4.79 Å². The van der Waals surface area contributed by atoms with Gasteiger partial charge >= 0.3 is 5.97 Å². The monoisotopic (exact) mass is 284 g/mol. The van der Waals surface area contributed by atoms with Gasteiger partial charge in [0.2, 0.25) is 0 Å². The van der Waals surface area contributed by atoms with Crippen LogP contribution in [-0.2, 0) is 9.53 Å². The van der Waals surface area contributed by atoms with Gasteiger partial charge in [0.1, 0.15) is 5.54 Å². The minimum atomic E-state index is -0.549. The molecule has 0 aliphatic carbocycles. The van der Waals surface area contributed by atoms with E-state index in [4.69, 9.17) is 4.74 Å². The first-order valence-electron chi connectivity index (χ1n) is 8.16. The molecule has 0 aromatic rings. The van der Waals surface area contributed by atoms with Gasteiger partial charge in [-0.15, -0.1) is 0 Å². The number of nitrogens with one attached hydrogen (secondary N) is 1. The molecule has 0 spiro atoms. The molecule has 1 aliphatic heterocycles. The lowest BCUT2D eigenvalue weighted by Crippen LogP contribution is -2.53. The zero-order valence-corrected chi connectivity index (χ0v) is 13.7. The van der Waals surface area contributed by atoms with Crippen molar-refractivity contribution in [3.8, 4) is 0 Å². The minimum absolute atomic E-state index is 0.112. The molecule has 1 aliphatic rings. The van der Waals surface area contributed by atoms with Crippen LogP contribution >= 0.6 is 0 Å². The number of rotatable bonds is 8. The molecule has 0 bridgehead atoms. The molecule has 0 saturated carbocycles. The summed E-state index contributed by atoms with van der Waals surface area (Å²) in [5, 5.41) is 3.38. The standard InChI is InChI=1S/C16H32N2O2/c1-5-10-17-16(4,15(19)20-6-2)9-12-18-11-7-8-14(3)13-18/h14,17H,5-13H2,1-4H3. The SMILES string of the molecule is CCCNC(C)(CCN1CCCC(C)C1)C(=O)OCC. The summed E-state index contributed by atoms with van der Waals surface area (Å²) < 4.78 is 5.25. The lowest BCUT2D eigenvalue weighted by atomic mass is 9.95. The van der Waals surface area contributed by atoms with Crippen LogP contribution in [0.1, 0.15) is 53.4 Å². The van der Waals surface area contributed by atoms with E-state index in [-0.39, 0.29) is 5.97 Å². The number of nitrogens with zero attached hydrogens (tertiary/aromatic N) is 1. The first kappa shape index (κ1) is 17.4. The van der Waals surface area contributed by atoms with Crippen molar-refractivity contribution in [2.24, 2.45) is 5.92 Å². The van der Waals surface area contributed by atoms with Crippen LogP contribution < -0.4 is 5.32 Å². The van der Waals surface area contributed by atoms with Gasteiger partial charge in [-0.05, 0) is 58.5 Å². The molecule has 20 heavy (non-hydrogen) atoms. The number of hydrogen-bond donors (Lipinski definition) is 1. The fraction of sp³-hybridized carbons (Fsp3) is 0.938. The molecule has 1 N–H and O–H groups in total. The van der Waals surface area contributed by atoms with Crippen molar-refractivity contribution in [1.82, 2.24) is 10.2 Å². The summed E-state index contributed by atoms with van der Waals surface area (Å²) in [6.45, 7) is 12.9. The number of likely N-dealkylation sites (tertiary alicyclic amines) is 1. The number of hydrogen-bond acceptors (Lipinski definition) is 4. The van der Waals surface area contributed by atoms with Gasteiger partial charge in [0.25, 0.3) is 0 Å². The Morgan fingerprint density at radius 1 is 1.45 bits per heavy atom. The summed E-state index contributed by atoms with van der Waals surface area (Å²) in [6, 6.07) is 0. The van der Waals surface area contributed by atoms with Crippen LogP contribution in [0.3, 0.4) is 0 Å². The topological polar surface area (TPSA) is 41.6 Å². The first-order chi connectivity index (χ1) is 9.51. The van der Waals surface area contributed by atoms with E-state index in [0.29, 0.717) is 6.61 Å². The second kappa shape index (κ2) is 8.63. The molecule has 0 radical (unpaired) electrons. The van der Waals surface area contributed by atoms with E-state index in [2.05, 4.69) is 24.1 Å². The van der Waals surface area contributed by atoms with Crippen LogP contribution in [0.2, 0.25) is 0 Å². The fourth-order valence-electron chi connectivity index (χ4n) is 2.83. The van der Waals surface area contributed by atoms with Gasteiger partial charge in [0.05, 0.1) is 6.61 Å². The molecule has 1 heterocycles. The summed E-state index contributed by atoms with van der Waals surface area (Å²) in [5.41, 5.74) is -0.549. The second-order valence-electron chi connectivity index (χ2n) is 6.28. The van der Waals surface area contributed by atoms with Crippen LogP contribution in [0.5, 0.6) is 0 Å². The maximum absolute atomic E-state index is 12.2. The molecular formula is C16H32N2O2. The Kier molecular flexibility index (Phi) is 7.52. The molecule has 118 valence electrons. The number of esters is 1. The Hall–Kier alpha value is -0.610. The van der Waals surface area contributed by atoms with Crippen molar-refractivity contribution in [3.63, 3.8) is 0 Å². The quantitative estimate of drug-likeness (QED) is 0.695. The Balaban J connectivity index is 2.52.